The van der Waals surface area contributed by atoms with Crippen molar-refractivity contribution in [1.82, 2.24) is 20.9 Å². The number of methoxy groups -OCH3 is 1. The summed E-state index contributed by atoms with van der Waals surface area (Å²) in [6.07, 6.45) is 6.75. The number of benzene rings is 1. The lowest BCUT2D eigenvalue weighted by atomic mass is 9.84. The average molecular weight is 712 g/mol. The van der Waals surface area contributed by atoms with E-state index in [0.29, 0.717) is 31.4 Å². The molecular formula is C38H57N5O8. The smallest absolute Gasteiger partial charge is 0.332 e. The van der Waals surface area contributed by atoms with Gasteiger partial charge in [0.25, 0.3) is 5.91 Å². The number of likely N-dealkylation sites (tertiary alicyclic amines) is 1. The first-order valence-electron chi connectivity index (χ1n) is 18.4. The van der Waals surface area contributed by atoms with Crippen molar-refractivity contribution < 1.29 is 38.2 Å². The molecule has 0 radical (unpaired) electrons. The number of nitrogens with zero attached hydrogens (tertiary/aromatic N) is 1. The quantitative estimate of drug-likeness (QED) is 0.128. The van der Waals surface area contributed by atoms with Crippen molar-refractivity contribution in [1.29, 1.82) is 0 Å². The van der Waals surface area contributed by atoms with Gasteiger partial charge < -0.3 is 36.1 Å². The van der Waals surface area contributed by atoms with Gasteiger partial charge >= 0.3 is 12.0 Å². The fourth-order valence-corrected chi connectivity index (χ4v) is 7.36. The molecule has 13 heteroatoms. The van der Waals surface area contributed by atoms with Crippen molar-refractivity contribution in [2.75, 3.05) is 13.7 Å². The first kappa shape index (κ1) is 39.6. The molecular weight excluding hydrogens is 654 g/mol. The van der Waals surface area contributed by atoms with Crippen molar-refractivity contribution in [3.63, 3.8) is 0 Å². The van der Waals surface area contributed by atoms with Crippen LogP contribution in [-0.4, -0.2) is 77.7 Å². The van der Waals surface area contributed by atoms with E-state index in [0.717, 1.165) is 44.1 Å². The van der Waals surface area contributed by atoms with Gasteiger partial charge in [0.2, 0.25) is 17.6 Å². The van der Waals surface area contributed by atoms with Gasteiger partial charge in [-0.25, -0.2) is 9.59 Å². The summed E-state index contributed by atoms with van der Waals surface area (Å²) in [6, 6.07) is 3.46. The summed E-state index contributed by atoms with van der Waals surface area (Å²) in [5.41, 5.74) is 4.03. The molecule has 1 saturated heterocycles. The number of primary amides is 1. The summed E-state index contributed by atoms with van der Waals surface area (Å²) in [7, 11) is 1.57. The van der Waals surface area contributed by atoms with Crippen LogP contribution in [0.25, 0.3) is 0 Å². The maximum absolute atomic E-state index is 14.5. The number of rotatable bonds is 14. The van der Waals surface area contributed by atoms with E-state index in [9.17, 15) is 28.8 Å². The van der Waals surface area contributed by atoms with E-state index in [1.165, 1.54) is 4.90 Å². The minimum atomic E-state index is -1.28. The van der Waals surface area contributed by atoms with E-state index < -0.39 is 64.6 Å². The summed E-state index contributed by atoms with van der Waals surface area (Å²) in [5.74, 6) is -2.75. The third kappa shape index (κ3) is 10.2. The van der Waals surface area contributed by atoms with Crippen LogP contribution in [0.4, 0.5) is 4.79 Å². The predicted octanol–water partition coefficient (Wildman–Crippen LogP) is 3.76. The van der Waals surface area contributed by atoms with E-state index in [-0.39, 0.29) is 30.9 Å². The number of esters is 1. The molecule has 3 aliphatic rings. The number of hydrogen-bond donors (Lipinski definition) is 4. The van der Waals surface area contributed by atoms with Gasteiger partial charge in [-0.15, -0.1) is 0 Å². The number of amides is 5. The SMILES string of the molecule is COc1ccc(COC(=O)C2(NC(=O)NC(C(=O)N3CCC(C(C)C)C3C(=O)NC(CC3CC3)C(=O)C(N)=O)C(C)(C)C)CCCCCC2)cc1. The second-order valence-corrected chi connectivity index (χ2v) is 16.0. The van der Waals surface area contributed by atoms with Gasteiger partial charge in [-0.05, 0) is 66.5 Å². The molecule has 0 aromatic heterocycles. The van der Waals surface area contributed by atoms with Crippen LogP contribution in [0.15, 0.2) is 24.3 Å². The molecule has 1 aliphatic heterocycles. The first-order valence-corrected chi connectivity index (χ1v) is 18.4. The Morgan fingerprint density at radius 1 is 0.941 bits per heavy atom. The molecule has 3 fully saturated rings. The Bertz CT molecular complexity index is 1430. The number of nitrogens with two attached hydrogens (primary N) is 1. The van der Waals surface area contributed by atoms with Crippen molar-refractivity contribution in [2.45, 2.75) is 129 Å². The molecule has 4 rings (SSSR count). The molecule has 2 aliphatic carbocycles. The molecule has 13 nitrogen and oxygen atoms in total. The largest absolute Gasteiger partial charge is 0.497 e. The van der Waals surface area contributed by atoms with Crippen LogP contribution in [0.5, 0.6) is 5.75 Å². The zero-order chi connectivity index (χ0) is 37.5. The average Bonchev–Trinajstić information content (AvgIpc) is 3.84. The second-order valence-electron chi connectivity index (χ2n) is 16.0. The van der Waals surface area contributed by atoms with Gasteiger partial charge in [-0.3, -0.25) is 19.2 Å². The summed E-state index contributed by atoms with van der Waals surface area (Å²) >= 11 is 0. The Morgan fingerprint density at radius 3 is 2.10 bits per heavy atom. The number of nitrogens with one attached hydrogen (secondary N) is 3. The molecule has 1 heterocycles. The number of carbonyl (C=O) groups is 6. The van der Waals surface area contributed by atoms with Gasteiger partial charge in [0.05, 0.1) is 13.2 Å². The fraction of sp³-hybridized carbons (Fsp3) is 0.684. The van der Waals surface area contributed by atoms with Crippen LogP contribution in [0.2, 0.25) is 0 Å². The summed E-state index contributed by atoms with van der Waals surface area (Å²) in [5, 5.41) is 8.57. The summed E-state index contributed by atoms with van der Waals surface area (Å²) in [4.78, 5) is 82.0. The molecule has 0 spiro atoms. The molecule has 5 N–H and O–H groups in total. The maximum atomic E-state index is 14.5. The lowest BCUT2D eigenvalue weighted by molar-refractivity contribution is -0.153. The third-order valence-corrected chi connectivity index (χ3v) is 10.6. The Kier molecular flexibility index (Phi) is 13.1. The Morgan fingerprint density at radius 2 is 1.57 bits per heavy atom. The molecule has 0 bridgehead atoms. The zero-order valence-electron chi connectivity index (χ0n) is 31.0. The van der Waals surface area contributed by atoms with Gasteiger partial charge in [0, 0.05) is 6.54 Å². The molecule has 282 valence electrons. The van der Waals surface area contributed by atoms with Crippen molar-refractivity contribution >= 4 is 35.5 Å². The lowest BCUT2D eigenvalue weighted by Crippen LogP contribution is -2.64. The molecule has 4 unspecified atom stereocenters. The zero-order valence-corrected chi connectivity index (χ0v) is 31.0. The van der Waals surface area contributed by atoms with E-state index in [2.05, 4.69) is 16.0 Å². The minimum absolute atomic E-state index is 0.0237. The van der Waals surface area contributed by atoms with Crippen LogP contribution in [0.1, 0.15) is 104 Å². The van der Waals surface area contributed by atoms with E-state index in [1.54, 1.807) is 19.2 Å². The van der Waals surface area contributed by atoms with Crippen LogP contribution in [-0.2, 0) is 35.3 Å². The summed E-state index contributed by atoms with van der Waals surface area (Å²) in [6.45, 7) is 9.71. The number of Topliss-reactive ketones (excluding diaryl/α,β-unsaturated/α-hetero) is 1. The number of hydrogen-bond acceptors (Lipinski definition) is 8. The Hall–Kier alpha value is -4.16. The third-order valence-electron chi connectivity index (χ3n) is 10.6. The van der Waals surface area contributed by atoms with Crippen LogP contribution >= 0.6 is 0 Å². The van der Waals surface area contributed by atoms with E-state index in [4.69, 9.17) is 15.2 Å². The highest BCUT2D eigenvalue weighted by molar-refractivity contribution is 6.37. The highest BCUT2D eigenvalue weighted by Gasteiger charge is 2.49. The number of urea groups is 1. The monoisotopic (exact) mass is 711 g/mol. The maximum Gasteiger partial charge on any atom is 0.332 e. The van der Waals surface area contributed by atoms with Gasteiger partial charge in [-0.2, -0.15) is 0 Å². The lowest BCUT2D eigenvalue weighted by Gasteiger charge is -2.38. The van der Waals surface area contributed by atoms with Crippen LogP contribution in [0, 0.1) is 23.2 Å². The minimum Gasteiger partial charge on any atom is -0.497 e. The molecule has 1 aromatic rings. The van der Waals surface area contributed by atoms with E-state index in [1.807, 2.05) is 46.8 Å². The summed E-state index contributed by atoms with van der Waals surface area (Å²) < 4.78 is 11.0. The molecule has 4 atom stereocenters. The molecule has 5 amide bonds. The van der Waals surface area contributed by atoms with Gasteiger partial charge in [0.15, 0.2) is 0 Å². The highest BCUT2D eigenvalue weighted by atomic mass is 16.5. The van der Waals surface area contributed by atoms with Crippen LogP contribution in [0.3, 0.4) is 0 Å². The highest BCUT2D eigenvalue weighted by Crippen LogP contribution is 2.36. The molecule has 1 aromatic carbocycles. The van der Waals surface area contributed by atoms with Crippen molar-refractivity contribution in [3.8, 4) is 5.75 Å². The van der Waals surface area contributed by atoms with Crippen LogP contribution < -0.4 is 26.4 Å². The standard InChI is InChI=1S/C38H57N5O8/c1-23(2)27-17-20-43(29(27)33(46)40-28(21-24-11-12-24)30(44)32(39)45)34(47)31(37(3,4)5)41-36(49)42-38(18-9-7-8-10-19-38)35(48)51-22-25-13-15-26(50-6)16-14-25/h13-16,23-24,27-29,31H,7-12,17-22H2,1-6H3,(H2,39,45)(H,40,46)(H2,41,42,49). The second kappa shape index (κ2) is 16.9. The van der Waals surface area contributed by atoms with Crippen molar-refractivity contribution in [3.05, 3.63) is 29.8 Å². The molecule has 51 heavy (non-hydrogen) atoms. The number of ketones is 1. The normalized spacial score (nSPS) is 21.5. The van der Waals surface area contributed by atoms with Gasteiger partial charge in [-0.1, -0.05) is 85.3 Å². The first-order chi connectivity index (χ1) is 24.1. The topological polar surface area (TPSA) is 186 Å². The van der Waals surface area contributed by atoms with Crippen molar-refractivity contribution in [2.24, 2.45) is 28.9 Å². The number of carbonyl (C=O) groups excluding carboxylic acids is 6. The van der Waals surface area contributed by atoms with E-state index >= 15 is 0 Å². The van der Waals surface area contributed by atoms with Gasteiger partial charge in [0.1, 0.15) is 30.0 Å². The predicted molar refractivity (Wildman–Crippen MR) is 190 cm³/mol. The Balaban J connectivity index is 1.52. The Labute approximate surface area is 301 Å². The fourth-order valence-electron chi connectivity index (χ4n) is 7.36. The molecule has 2 saturated carbocycles. The number of ether oxygens (including phenoxy) is 2.